The highest BCUT2D eigenvalue weighted by Gasteiger charge is 2.65. The van der Waals surface area contributed by atoms with Gasteiger partial charge in [-0.05, 0) is 40.0 Å². The highest BCUT2D eigenvalue weighted by Crippen LogP contribution is 2.55. The maximum atomic E-state index is 12.3. The second kappa shape index (κ2) is 4.62. The Morgan fingerprint density at radius 1 is 1.30 bits per heavy atom. The summed E-state index contributed by atoms with van der Waals surface area (Å²) in [5.74, 6) is -0.420. The number of aliphatic hydroxyl groups is 1. The lowest BCUT2D eigenvalue weighted by Crippen LogP contribution is -2.55. The molecule has 0 radical (unpaired) electrons. The summed E-state index contributed by atoms with van der Waals surface area (Å²) < 4.78 is 10.3. The summed E-state index contributed by atoms with van der Waals surface area (Å²) in [6.45, 7) is 5.65. The maximum Gasteiger partial charge on any atom is 0.411 e. The van der Waals surface area contributed by atoms with Gasteiger partial charge in [0.1, 0.15) is 11.1 Å². The third-order valence-corrected chi connectivity index (χ3v) is 4.26. The number of ether oxygens (including phenoxy) is 2. The van der Waals surface area contributed by atoms with E-state index in [4.69, 9.17) is 9.47 Å². The molecule has 6 heteroatoms. The topological polar surface area (TPSA) is 76.1 Å². The van der Waals surface area contributed by atoms with Crippen molar-refractivity contribution in [2.24, 2.45) is 5.41 Å². The van der Waals surface area contributed by atoms with Crippen molar-refractivity contribution < 1.29 is 24.2 Å². The Labute approximate surface area is 119 Å². The molecule has 6 nitrogen and oxygen atoms in total. The highest BCUT2D eigenvalue weighted by molar-refractivity contribution is 5.87. The first-order valence-corrected chi connectivity index (χ1v) is 6.88. The molecule has 1 heterocycles. The van der Waals surface area contributed by atoms with Crippen LogP contribution in [0.5, 0.6) is 0 Å². The molecule has 1 saturated carbocycles. The monoisotopic (exact) mass is 285 g/mol. The number of nitrogens with zero attached hydrogens (tertiary/aromatic N) is 1. The predicted octanol–water partition coefficient (Wildman–Crippen LogP) is 1.31. The fourth-order valence-electron chi connectivity index (χ4n) is 3.34. The van der Waals surface area contributed by atoms with Gasteiger partial charge in [-0.15, -0.1) is 0 Å². The molecule has 1 amide bonds. The lowest BCUT2D eigenvalue weighted by molar-refractivity contribution is -0.153. The van der Waals surface area contributed by atoms with Crippen LogP contribution < -0.4 is 0 Å². The summed E-state index contributed by atoms with van der Waals surface area (Å²) in [4.78, 5) is 26.0. The molecule has 1 N–H and O–H groups in total. The zero-order valence-corrected chi connectivity index (χ0v) is 12.6. The van der Waals surface area contributed by atoms with Crippen molar-refractivity contribution in [3.8, 4) is 0 Å². The minimum atomic E-state index is -0.972. The lowest BCUT2D eigenvalue weighted by Gasteiger charge is -2.38. The van der Waals surface area contributed by atoms with E-state index in [0.717, 1.165) is 6.42 Å². The third kappa shape index (κ3) is 2.26. The molecule has 2 aliphatic rings. The number of carbonyl (C=O) groups is 2. The highest BCUT2D eigenvalue weighted by atomic mass is 16.6. The number of likely N-dealkylation sites (tertiary alicyclic amines) is 1. The molecule has 2 fully saturated rings. The molecule has 114 valence electrons. The Morgan fingerprint density at radius 2 is 1.95 bits per heavy atom. The molecule has 2 rings (SSSR count). The number of methoxy groups -OCH3 is 1. The standard InChI is InChI=1S/C14H23NO5/c1-12(2,3)20-11(18)15-8-13(9-16)5-6-14(15,7-13)10(17)19-4/h16H,5-9H2,1-4H3. The van der Waals surface area contributed by atoms with Crippen LogP contribution in [0.25, 0.3) is 0 Å². The number of rotatable bonds is 2. The van der Waals surface area contributed by atoms with Crippen molar-refractivity contribution in [3.05, 3.63) is 0 Å². The van der Waals surface area contributed by atoms with Crippen molar-refractivity contribution in [1.82, 2.24) is 4.90 Å². The Bertz CT molecular complexity index is 430. The summed E-state index contributed by atoms with van der Waals surface area (Å²) >= 11 is 0. The van der Waals surface area contributed by atoms with E-state index in [9.17, 15) is 14.7 Å². The first kappa shape index (κ1) is 15.1. The fraction of sp³-hybridized carbons (Fsp3) is 0.857. The molecular weight excluding hydrogens is 262 g/mol. The van der Waals surface area contributed by atoms with Crippen LogP contribution in [-0.4, -0.2) is 53.5 Å². The Morgan fingerprint density at radius 3 is 2.45 bits per heavy atom. The number of fused-ring (bicyclic) bond motifs is 2. The Hall–Kier alpha value is -1.30. The van der Waals surface area contributed by atoms with Gasteiger partial charge in [0.15, 0.2) is 0 Å². The minimum Gasteiger partial charge on any atom is -0.467 e. The van der Waals surface area contributed by atoms with Crippen LogP contribution >= 0.6 is 0 Å². The molecule has 1 aliphatic carbocycles. The molecule has 2 bridgehead atoms. The number of piperidine rings is 1. The van der Waals surface area contributed by atoms with Gasteiger partial charge in [-0.1, -0.05) is 0 Å². The first-order chi connectivity index (χ1) is 9.18. The summed E-state index contributed by atoms with van der Waals surface area (Å²) in [6, 6.07) is 0. The van der Waals surface area contributed by atoms with E-state index in [1.807, 2.05) is 0 Å². The van der Waals surface area contributed by atoms with Crippen molar-refractivity contribution in [2.75, 3.05) is 20.3 Å². The Kier molecular flexibility index (Phi) is 3.48. The van der Waals surface area contributed by atoms with Gasteiger partial charge in [-0.3, -0.25) is 4.90 Å². The van der Waals surface area contributed by atoms with Gasteiger partial charge in [0.2, 0.25) is 0 Å². The second-order valence-corrected chi connectivity index (χ2v) is 6.92. The smallest absolute Gasteiger partial charge is 0.411 e. The van der Waals surface area contributed by atoms with Gasteiger partial charge in [0, 0.05) is 12.0 Å². The van der Waals surface area contributed by atoms with E-state index in [0.29, 0.717) is 19.4 Å². The van der Waals surface area contributed by atoms with Crippen molar-refractivity contribution in [2.45, 2.75) is 51.2 Å². The Balaban J connectivity index is 2.28. The summed E-state index contributed by atoms with van der Waals surface area (Å²) in [5, 5.41) is 9.61. The minimum absolute atomic E-state index is 0.0367. The van der Waals surface area contributed by atoms with Gasteiger partial charge in [-0.2, -0.15) is 0 Å². The van der Waals surface area contributed by atoms with E-state index in [1.165, 1.54) is 12.0 Å². The number of aliphatic hydroxyl groups excluding tert-OH is 1. The van der Waals surface area contributed by atoms with E-state index in [2.05, 4.69) is 0 Å². The third-order valence-electron chi connectivity index (χ3n) is 4.26. The predicted molar refractivity (Wildman–Crippen MR) is 71.1 cm³/mol. The van der Waals surface area contributed by atoms with E-state index in [-0.39, 0.29) is 6.61 Å². The number of esters is 1. The van der Waals surface area contributed by atoms with Crippen LogP contribution in [0.3, 0.4) is 0 Å². The molecule has 0 aromatic rings. The van der Waals surface area contributed by atoms with Gasteiger partial charge >= 0.3 is 12.1 Å². The average molecular weight is 285 g/mol. The van der Waals surface area contributed by atoms with Crippen LogP contribution in [0.2, 0.25) is 0 Å². The van der Waals surface area contributed by atoms with Gasteiger partial charge in [0.05, 0.1) is 13.7 Å². The van der Waals surface area contributed by atoms with Crippen LogP contribution in [0.1, 0.15) is 40.0 Å². The van der Waals surface area contributed by atoms with Crippen LogP contribution in [0.15, 0.2) is 0 Å². The van der Waals surface area contributed by atoms with Crippen LogP contribution in [0, 0.1) is 5.41 Å². The first-order valence-electron chi connectivity index (χ1n) is 6.88. The van der Waals surface area contributed by atoms with Gasteiger partial charge in [0.25, 0.3) is 0 Å². The van der Waals surface area contributed by atoms with Crippen molar-refractivity contribution in [1.29, 1.82) is 0 Å². The van der Waals surface area contributed by atoms with Crippen molar-refractivity contribution >= 4 is 12.1 Å². The quantitative estimate of drug-likeness (QED) is 0.774. The van der Waals surface area contributed by atoms with E-state index in [1.54, 1.807) is 20.8 Å². The molecule has 0 spiro atoms. The SMILES string of the molecule is COC(=O)C12CCC(CO)(CN1C(=O)OC(C)(C)C)C2. The normalized spacial score (nSPS) is 32.4. The van der Waals surface area contributed by atoms with E-state index < -0.39 is 28.6 Å². The van der Waals surface area contributed by atoms with Gasteiger partial charge < -0.3 is 14.6 Å². The molecule has 1 aliphatic heterocycles. The van der Waals surface area contributed by atoms with Crippen LogP contribution in [-0.2, 0) is 14.3 Å². The summed E-state index contributed by atoms with van der Waals surface area (Å²) in [5.41, 5.74) is -1.99. The zero-order valence-electron chi connectivity index (χ0n) is 12.6. The lowest BCUT2D eigenvalue weighted by atomic mass is 9.88. The summed E-state index contributed by atoms with van der Waals surface area (Å²) in [7, 11) is 1.32. The number of carbonyl (C=O) groups excluding carboxylic acids is 2. The molecule has 20 heavy (non-hydrogen) atoms. The van der Waals surface area contributed by atoms with Crippen molar-refractivity contribution in [3.63, 3.8) is 0 Å². The molecule has 1 saturated heterocycles. The van der Waals surface area contributed by atoms with Gasteiger partial charge in [-0.25, -0.2) is 9.59 Å². The fourth-order valence-corrected chi connectivity index (χ4v) is 3.34. The molecule has 0 aromatic carbocycles. The average Bonchev–Trinajstić information content (AvgIpc) is 2.91. The van der Waals surface area contributed by atoms with E-state index >= 15 is 0 Å². The second-order valence-electron chi connectivity index (χ2n) is 6.92. The summed E-state index contributed by atoms with van der Waals surface area (Å²) in [6.07, 6.45) is 1.16. The number of hydrogen-bond acceptors (Lipinski definition) is 5. The number of amides is 1. The molecule has 2 atom stereocenters. The molecular formula is C14H23NO5. The van der Waals surface area contributed by atoms with Crippen LogP contribution in [0.4, 0.5) is 4.79 Å². The molecule has 0 aromatic heterocycles. The largest absolute Gasteiger partial charge is 0.467 e. The molecule has 2 unspecified atom stereocenters. The zero-order chi connectivity index (χ0) is 15.2. The maximum absolute atomic E-state index is 12.3. The number of hydrogen-bond donors (Lipinski definition) is 1.